The van der Waals surface area contributed by atoms with Crippen LogP contribution in [0.15, 0.2) is 42.6 Å². The average Bonchev–Trinajstić information content (AvgIpc) is 2.96. The van der Waals surface area contributed by atoms with Crippen LogP contribution in [-0.2, 0) is 14.3 Å². The Morgan fingerprint density at radius 2 is 1.73 bits per heavy atom. The van der Waals surface area contributed by atoms with Crippen LogP contribution in [0.2, 0.25) is 0 Å². The zero-order valence-electron chi connectivity index (χ0n) is 23.3. The van der Waals surface area contributed by atoms with E-state index in [1.165, 1.54) is 25.5 Å². The highest BCUT2D eigenvalue weighted by molar-refractivity contribution is 7.85. The molecule has 40 heavy (non-hydrogen) atoms. The van der Waals surface area contributed by atoms with Crippen LogP contribution in [0.4, 0.5) is 11.4 Å². The number of anilines is 2. The lowest BCUT2D eigenvalue weighted by atomic mass is 10.1. The van der Waals surface area contributed by atoms with E-state index in [0.29, 0.717) is 40.5 Å². The molecule has 0 bridgehead atoms. The molecule has 3 aromatic rings. The first kappa shape index (κ1) is 29.5. The maximum Gasteiger partial charge on any atom is 0.271 e. The van der Waals surface area contributed by atoms with Gasteiger partial charge in [0.25, 0.3) is 16.0 Å². The van der Waals surface area contributed by atoms with Crippen LogP contribution in [-0.4, -0.2) is 89.0 Å². The Morgan fingerprint density at radius 1 is 1.00 bits per heavy atom. The van der Waals surface area contributed by atoms with E-state index in [2.05, 4.69) is 20.2 Å². The number of nitrogens with zero attached hydrogens (tertiary/aromatic N) is 4. The van der Waals surface area contributed by atoms with E-state index >= 15 is 0 Å². The number of carbonyl (C=O) groups is 1. The third kappa shape index (κ3) is 8.26. The molecule has 1 aliphatic heterocycles. The molecule has 0 unspecified atom stereocenters. The van der Waals surface area contributed by atoms with E-state index in [0.717, 1.165) is 32.3 Å². The van der Waals surface area contributed by atoms with Gasteiger partial charge in [-0.25, -0.2) is 4.98 Å². The lowest BCUT2D eigenvalue weighted by Gasteiger charge is -2.26. The topological polar surface area (TPSA) is 123 Å². The fraction of sp³-hybridized carbons (Fsp3) is 0.464. The Labute approximate surface area is 235 Å². The summed E-state index contributed by atoms with van der Waals surface area (Å²) in [6.07, 6.45) is 7.16. The zero-order valence-corrected chi connectivity index (χ0v) is 24.1. The summed E-state index contributed by atoms with van der Waals surface area (Å²) in [5, 5.41) is 2.95. The van der Waals surface area contributed by atoms with E-state index in [1.54, 1.807) is 26.4 Å². The van der Waals surface area contributed by atoms with Crippen LogP contribution < -0.4 is 19.7 Å². The van der Waals surface area contributed by atoms with E-state index in [4.69, 9.17) is 13.7 Å². The summed E-state index contributed by atoms with van der Waals surface area (Å²) < 4.78 is 39.1. The van der Waals surface area contributed by atoms with Gasteiger partial charge in [0.1, 0.15) is 17.2 Å². The summed E-state index contributed by atoms with van der Waals surface area (Å²) >= 11 is 0. The Balaban J connectivity index is 1.54. The first-order valence-corrected chi connectivity index (χ1v) is 15.2. The predicted molar refractivity (Wildman–Crippen MR) is 154 cm³/mol. The van der Waals surface area contributed by atoms with Crippen LogP contribution in [0, 0.1) is 0 Å². The molecule has 0 atom stereocenters. The number of benzene rings is 2. The van der Waals surface area contributed by atoms with Crippen molar-refractivity contribution in [1.82, 2.24) is 20.2 Å². The van der Waals surface area contributed by atoms with E-state index < -0.39 is 10.1 Å². The van der Waals surface area contributed by atoms with Gasteiger partial charge in [0.15, 0.2) is 0 Å². The largest absolute Gasteiger partial charge is 0.497 e. The molecule has 0 saturated carbocycles. The van der Waals surface area contributed by atoms with Crippen LogP contribution >= 0.6 is 0 Å². The SMILES string of the molecule is COc1cc(OC)cc(N(CCOS(C)(=O)=O)c2ccc3ncc(C(=O)NCCCN4CCCCC4)nc3c2)c1. The van der Waals surface area contributed by atoms with E-state index in [1.807, 2.05) is 29.2 Å². The Hall–Kier alpha value is -3.48. The fourth-order valence-electron chi connectivity index (χ4n) is 4.69. The Kier molecular flexibility index (Phi) is 10.1. The number of aromatic nitrogens is 2. The van der Waals surface area contributed by atoms with Gasteiger partial charge >= 0.3 is 0 Å². The summed E-state index contributed by atoms with van der Waals surface area (Å²) in [6.45, 7) is 3.93. The van der Waals surface area contributed by atoms with Crippen molar-refractivity contribution in [3.8, 4) is 11.5 Å². The highest BCUT2D eigenvalue weighted by Crippen LogP contribution is 2.33. The van der Waals surface area contributed by atoms with Gasteiger partial charge in [0.2, 0.25) is 0 Å². The normalized spacial score (nSPS) is 14.2. The maximum atomic E-state index is 12.8. The average molecular weight is 572 g/mol. The highest BCUT2D eigenvalue weighted by Gasteiger charge is 2.17. The van der Waals surface area contributed by atoms with Crippen molar-refractivity contribution in [3.63, 3.8) is 0 Å². The smallest absolute Gasteiger partial charge is 0.271 e. The number of carbonyl (C=O) groups excluding carboxylic acids is 1. The second-order valence-corrected chi connectivity index (χ2v) is 11.3. The summed E-state index contributed by atoms with van der Waals surface area (Å²) in [5.74, 6) is 0.876. The number of ether oxygens (including phenoxy) is 2. The van der Waals surface area contributed by atoms with Crippen LogP contribution in [0.25, 0.3) is 11.0 Å². The minimum atomic E-state index is -3.62. The number of hydrogen-bond acceptors (Lipinski definition) is 10. The molecule has 2 heterocycles. The predicted octanol–water partition coefficient (Wildman–Crippen LogP) is 3.37. The van der Waals surface area contributed by atoms with Gasteiger partial charge in [0.05, 0.1) is 44.3 Å². The molecule has 12 heteroatoms. The molecule has 216 valence electrons. The molecule has 0 aliphatic carbocycles. The van der Waals surface area contributed by atoms with Crippen molar-refractivity contribution >= 4 is 38.4 Å². The monoisotopic (exact) mass is 571 g/mol. The van der Waals surface area contributed by atoms with Crippen molar-refractivity contribution in [2.24, 2.45) is 0 Å². The van der Waals surface area contributed by atoms with Gasteiger partial charge in [-0.2, -0.15) is 8.42 Å². The Morgan fingerprint density at radius 3 is 2.40 bits per heavy atom. The van der Waals surface area contributed by atoms with Crippen molar-refractivity contribution in [3.05, 3.63) is 48.3 Å². The first-order chi connectivity index (χ1) is 19.3. The third-order valence-electron chi connectivity index (χ3n) is 6.72. The fourth-order valence-corrected chi connectivity index (χ4v) is 5.07. The summed E-state index contributed by atoms with van der Waals surface area (Å²) in [6, 6.07) is 10.8. The minimum absolute atomic E-state index is 0.0814. The van der Waals surface area contributed by atoms with Crippen LogP contribution in [0.5, 0.6) is 11.5 Å². The maximum absolute atomic E-state index is 12.8. The van der Waals surface area contributed by atoms with Gasteiger partial charge in [-0.1, -0.05) is 6.42 Å². The third-order valence-corrected chi connectivity index (χ3v) is 7.31. The highest BCUT2D eigenvalue weighted by atomic mass is 32.2. The number of fused-ring (bicyclic) bond motifs is 1. The number of methoxy groups -OCH3 is 2. The van der Waals surface area contributed by atoms with E-state index in [9.17, 15) is 13.2 Å². The molecule has 1 aliphatic rings. The molecule has 1 aromatic heterocycles. The second kappa shape index (κ2) is 13.7. The van der Waals surface area contributed by atoms with Crippen LogP contribution in [0.3, 0.4) is 0 Å². The molecule has 0 spiro atoms. The van der Waals surface area contributed by atoms with Crippen molar-refractivity contribution in [2.45, 2.75) is 25.7 Å². The molecular formula is C28H37N5O6S. The van der Waals surface area contributed by atoms with E-state index in [-0.39, 0.29) is 24.8 Å². The molecule has 0 radical (unpaired) electrons. The number of likely N-dealkylation sites (tertiary alicyclic amines) is 1. The molecule has 1 amide bonds. The van der Waals surface area contributed by atoms with Gasteiger partial charge in [-0.3, -0.25) is 14.0 Å². The molecule has 2 aromatic carbocycles. The second-order valence-electron chi connectivity index (χ2n) is 9.69. The molecular weight excluding hydrogens is 534 g/mol. The standard InChI is InChI=1S/C28H37N5O6S/c1-37-23-16-22(17-24(19-23)38-2)33(14-15-39-40(3,35)36)21-8-9-25-26(18-21)31-27(20-30-25)28(34)29-10-7-13-32-11-5-4-6-12-32/h8-9,16-20H,4-7,10-15H2,1-3H3,(H,29,34). The molecule has 11 nitrogen and oxygen atoms in total. The van der Waals surface area contributed by atoms with Crippen molar-refractivity contribution in [1.29, 1.82) is 0 Å². The quantitative estimate of drug-likeness (QED) is 0.241. The Bertz CT molecular complexity index is 1390. The first-order valence-electron chi connectivity index (χ1n) is 13.4. The number of hydrogen-bond donors (Lipinski definition) is 1. The molecule has 1 N–H and O–H groups in total. The number of nitrogens with one attached hydrogen (secondary N) is 1. The minimum Gasteiger partial charge on any atom is -0.497 e. The number of rotatable bonds is 13. The zero-order chi connectivity index (χ0) is 28.5. The van der Waals surface area contributed by atoms with Crippen LogP contribution in [0.1, 0.15) is 36.2 Å². The lowest BCUT2D eigenvalue weighted by Crippen LogP contribution is -2.33. The van der Waals surface area contributed by atoms with Gasteiger partial charge in [0, 0.05) is 42.7 Å². The van der Waals surface area contributed by atoms with Crippen molar-refractivity contribution in [2.75, 3.05) is 64.7 Å². The summed E-state index contributed by atoms with van der Waals surface area (Å²) in [7, 11) is -0.507. The molecule has 4 rings (SSSR count). The molecule has 1 saturated heterocycles. The van der Waals surface area contributed by atoms with Gasteiger partial charge in [-0.15, -0.1) is 0 Å². The number of amides is 1. The van der Waals surface area contributed by atoms with Crippen molar-refractivity contribution < 1.29 is 26.9 Å². The summed E-state index contributed by atoms with van der Waals surface area (Å²) in [4.78, 5) is 26.1. The lowest BCUT2D eigenvalue weighted by molar-refractivity contribution is 0.0946. The van der Waals surface area contributed by atoms with Gasteiger partial charge < -0.3 is 24.6 Å². The molecule has 1 fully saturated rings. The summed E-state index contributed by atoms with van der Waals surface area (Å²) in [5.41, 5.74) is 2.79. The number of piperidine rings is 1. The van der Waals surface area contributed by atoms with Gasteiger partial charge in [-0.05, 0) is 57.1 Å².